The second-order valence-electron chi connectivity index (χ2n) is 9.61. The number of benzene rings is 2. The summed E-state index contributed by atoms with van der Waals surface area (Å²) in [6.07, 6.45) is -3.14. The number of thiazole rings is 1. The van der Waals surface area contributed by atoms with Gasteiger partial charge in [0.1, 0.15) is 17.2 Å². The fourth-order valence-electron chi connectivity index (χ4n) is 4.42. The summed E-state index contributed by atoms with van der Waals surface area (Å²) >= 11 is 1.16. The Morgan fingerprint density at radius 3 is 2.49 bits per heavy atom. The third-order valence-electron chi connectivity index (χ3n) is 6.67. The van der Waals surface area contributed by atoms with Gasteiger partial charge in [0.2, 0.25) is 0 Å². The van der Waals surface area contributed by atoms with Crippen molar-refractivity contribution in [2.45, 2.75) is 12.7 Å². The first-order valence-electron chi connectivity index (χ1n) is 12.8. The molecule has 2 amide bonds. The molecule has 0 bridgehead atoms. The minimum absolute atomic E-state index is 0.104. The van der Waals surface area contributed by atoms with Crippen LogP contribution in [0.2, 0.25) is 0 Å². The zero-order chi connectivity index (χ0) is 29.1. The van der Waals surface area contributed by atoms with Gasteiger partial charge in [0.25, 0.3) is 11.8 Å². The number of pyridine rings is 1. The van der Waals surface area contributed by atoms with Gasteiger partial charge in [-0.3, -0.25) is 24.8 Å². The number of anilines is 1. The lowest BCUT2D eigenvalue weighted by molar-refractivity contribution is -0.138. The summed E-state index contributed by atoms with van der Waals surface area (Å²) in [4.78, 5) is 37.3. The molecule has 0 spiro atoms. The lowest BCUT2D eigenvalue weighted by atomic mass is 10.0. The summed E-state index contributed by atoms with van der Waals surface area (Å²) in [5.74, 6) is -0.150. The molecule has 1 fully saturated rings. The van der Waals surface area contributed by atoms with E-state index in [1.165, 1.54) is 31.4 Å². The average Bonchev–Trinajstić information content (AvgIpc) is 3.35. The van der Waals surface area contributed by atoms with E-state index >= 15 is 0 Å². The Morgan fingerprint density at radius 1 is 1.00 bits per heavy atom. The minimum atomic E-state index is -4.60. The SMILES string of the molecule is CNC(=O)c1cc(Oc2ccc3nc(NC(=O)c4ccc(CN5CCN(C)CC5)c(C(F)(F)F)c4)sc3c2)ccn1. The first kappa shape index (κ1) is 28.5. The number of carbonyl (C=O) groups excluding carboxylic acids is 2. The average molecular weight is 585 g/mol. The van der Waals surface area contributed by atoms with Crippen molar-refractivity contribution in [2.75, 3.05) is 45.6 Å². The molecule has 1 saturated heterocycles. The second kappa shape index (κ2) is 11.8. The maximum absolute atomic E-state index is 13.9. The number of rotatable bonds is 7. The van der Waals surface area contributed by atoms with Gasteiger partial charge in [-0.05, 0) is 42.9 Å². The fraction of sp³-hybridized carbons (Fsp3) is 0.286. The molecule has 1 aliphatic heterocycles. The first-order valence-corrected chi connectivity index (χ1v) is 13.6. The predicted molar refractivity (Wildman–Crippen MR) is 149 cm³/mol. The Balaban J connectivity index is 1.31. The Morgan fingerprint density at radius 2 is 1.76 bits per heavy atom. The number of alkyl halides is 3. The molecule has 0 atom stereocenters. The highest BCUT2D eigenvalue weighted by Gasteiger charge is 2.34. The molecule has 1 aliphatic rings. The third-order valence-corrected chi connectivity index (χ3v) is 7.61. The van der Waals surface area contributed by atoms with Crippen LogP contribution in [0.15, 0.2) is 54.7 Å². The van der Waals surface area contributed by atoms with Crippen LogP contribution in [-0.2, 0) is 12.7 Å². The molecule has 5 rings (SSSR count). The number of halogens is 3. The Bertz CT molecular complexity index is 1580. The van der Waals surface area contributed by atoms with Gasteiger partial charge >= 0.3 is 6.18 Å². The van der Waals surface area contributed by atoms with Crippen LogP contribution in [0.3, 0.4) is 0 Å². The van der Waals surface area contributed by atoms with Crippen molar-refractivity contribution >= 4 is 38.5 Å². The Hall–Kier alpha value is -4.07. The number of hydrogen-bond donors (Lipinski definition) is 2. The van der Waals surface area contributed by atoms with Gasteiger partial charge in [0.15, 0.2) is 5.13 Å². The largest absolute Gasteiger partial charge is 0.457 e. The topological polar surface area (TPSA) is 99.7 Å². The van der Waals surface area contributed by atoms with Crippen molar-refractivity contribution in [3.63, 3.8) is 0 Å². The number of amides is 2. The van der Waals surface area contributed by atoms with E-state index in [0.29, 0.717) is 34.8 Å². The van der Waals surface area contributed by atoms with Gasteiger partial charge in [-0.2, -0.15) is 13.2 Å². The minimum Gasteiger partial charge on any atom is -0.457 e. The highest BCUT2D eigenvalue weighted by Crippen LogP contribution is 2.35. The van der Waals surface area contributed by atoms with Gasteiger partial charge < -0.3 is 15.0 Å². The van der Waals surface area contributed by atoms with Crippen LogP contribution in [0.5, 0.6) is 11.5 Å². The van der Waals surface area contributed by atoms with E-state index in [-0.39, 0.29) is 34.4 Å². The zero-order valence-electron chi connectivity index (χ0n) is 22.3. The molecule has 214 valence electrons. The number of fused-ring (bicyclic) bond motifs is 1. The van der Waals surface area contributed by atoms with E-state index in [1.807, 2.05) is 11.9 Å². The van der Waals surface area contributed by atoms with Gasteiger partial charge in [0, 0.05) is 63.7 Å². The number of aromatic nitrogens is 2. The molecule has 0 radical (unpaired) electrons. The smallest absolute Gasteiger partial charge is 0.416 e. The van der Waals surface area contributed by atoms with Gasteiger partial charge in [-0.15, -0.1) is 0 Å². The summed E-state index contributed by atoms with van der Waals surface area (Å²) in [7, 11) is 3.49. The number of nitrogens with zero attached hydrogens (tertiary/aromatic N) is 4. The Labute approximate surface area is 238 Å². The molecular weight excluding hydrogens is 557 g/mol. The predicted octanol–water partition coefficient (Wildman–Crippen LogP) is 4.86. The van der Waals surface area contributed by atoms with Crippen LogP contribution >= 0.6 is 11.3 Å². The highest BCUT2D eigenvalue weighted by atomic mass is 32.1. The van der Waals surface area contributed by atoms with Crippen LogP contribution < -0.4 is 15.4 Å². The van der Waals surface area contributed by atoms with Crippen LogP contribution in [0.4, 0.5) is 18.3 Å². The zero-order valence-corrected chi connectivity index (χ0v) is 23.1. The molecule has 9 nitrogen and oxygen atoms in total. The molecule has 3 heterocycles. The van der Waals surface area contributed by atoms with Crippen molar-refractivity contribution in [1.29, 1.82) is 0 Å². The van der Waals surface area contributed by atoms with E-state index < -0.39 is 17.6 Å². The van der Waals surface area contributed by atoms with Crippen molar-refractivity contribution in [2.24, 2.45) is 0 Å². The molecule has 0 saturated carbocycles. The van der Waals surface area contributed by atoms with Crippen LogP contribution in [0.25, 0.3) is 10.2 Å². The summed E-state index contributed by atoms with van der Waals surface area (Å²) in [6.45, 7) is 3.11. The summed E-state index contributed by atoms with van der Waals surface area (Å²) in [5, 5.41) is 5.36. The summed E-state index contributed by atoms with van der Waals surface area (Å²) < 4.78 is 48.4. The lowest BCUT2D eigenvalue weighted by Gasteiger charge is -2.33. The first-order chi connectivity index (χ1) is 19.6. The summed E-state index contributed by atoms with van der Waals surface area (Å²) in [6, 6.07) is 11.9. The normalized spacial score (nSPS) is 14.7. The van der Waals surface area contributed by atoms with Crippen molar-refractivity contribution in [3.8, 4) is 11.5 Å². The molecule has 13 heteroatoms. The molecule has 0 aliphatic carbocycles. The number of likely N-dealkylation sites (N-methyl/N-ethyl adjacent to an activating group) is 1. The van der Waals surface area contributed by atoms with E-state index in [0.717, 1.165) is 30.5 Å². The Kier molecular flexibility index (Phi) is 8.20. The lowest BCUT2D eigenvalue weighted by Crippen LogP contribution is -2.44. The van der Waals surface area contributed by atoms with Gasteiger partial charge in [-0.25, -0.2) is 4.98 Å². The van der Waals surface area contributed by atoms with Crippen molar-refractivity contribution in [3.05, 3.63) is 77.1 Å². The van der Waals surface area contributed by atoms with E-state index in [2.05, 4.69) is 25.5 Å². The number of carbonyl (C=O) groups is 2. The second-order valence-corrected chi connectivity index (χ2v) is 10.6. The molecule has 4 aromatic rings. The number of hydrogen-bond acceptors (Lipinski definition) is 8. The molecule has 2 N–H and O–H groups in total. The van der Waals surface area contributed by atoms with E-state index in [1.54, 1.807) is 24.3 Å². The molecule has 41 heavy (non-hydrogen) atoms. The molecule has 2 aromatic heterocycles. The quantitative estimate of drug-likeness (QED) is 0.320. The van der Waals surface area contributed by atoms with Gasteiger partial charge in [-0.1, -0.05) is 17.4 Å². The van der Waals surface area contributed by atoms with E-state index in [9.17, 15) is 22.8 Å². The standard InChI is InChI=1S/C28H27F3N6O3S/c1-32-26(39)23-14-20(7-8-33-23)40-19-5-6-22-24(15-19)41-27(34-22)35-25(38)17-3-4-18(21(13-17)28(29,30)31)16-37-11-9-36(2)10-12-37/h3-8,13-15H,9-12,16H2,1-2H3,(H,32,39)(H,34,35,38). The van der Waals surface area contributed by atoms with Crippen molar-refractivity contribution in [1.82, 2.24) is 25.1 Å². The van der Waals surface area contributed by atoms with Crippen LogP contribution in [0, 0.1) is 0 Å². The number of piperazine rings is 1. The highest BCUT2D eigenvalue weighted by molar-refractivity contribution is 7.22. The summed E-state index contributed by atoms with van der Waals surface area (Å²) in [5.41, 5.74) is 0.00722. The molecular formula is C28H27F3N6O3S. The van der Waals surface area contributed by atoms with Crippen LogP contribution in [-0.4, -0.2) is 71.9 Å². The third kappa shape index (κ3) is 6.81. The van der Waals surface area contributed by atoms with Crippen LogP contribution in [0.1, 0.15) is 32.0 Å². The van der Waals surface area contributed by atoms with E-state index in [4.69, 9.17) is 4.74 Å². The maximum atomic E-state index is 13.9. The number of nitrogens with one attached hydrogen (secondary N) is 2. The fourth-order valence-corrected chi connectivity index (χ4v) is 5.31. The van der Waals surface area contributed by atoms with Gasteiger partial charge in [0.05, 0.1) is 15.8 Å². The molecule has 2 aromatic carbocycles. The van der Waals surface area contributed by atoms with Crippen molar-refractivity contribution < 1.29 is 27.5 Å². The molecule has 0 unspecified atom stereocenters. The monoisotopic (exact) mass is 584 g/mol. The maximum Gasteiger partial charge on any atom is 0.416 e. The number of ether oxygens (including phenoxy) is 1.